The fourth-order valence-electron chi connectivity index (χ4n) is 2.39. The predicted octanol–water partition coefficient (Wildman–Crippen LogP) is 4.54. The van der Waals surface area contributed by atoms with Gasteiger partial charge in [0.05, 0.1) is 16.6 Å². The SMILES string of the molecule is Cc1cc(C(=O)C(C)Cl)c(C)n1-c1ccc(Br)cc1C#N. The highest BCUT2D eigenvalue weighted by atomic mass is 79.9. The van der Waals surface area contributed by atoms with Gasteiger partial charge in [0.25, 0.3) is 0 Å². The molecule has 1 heterocycles. The maximum Gasteiger partial charge on any atom is 0.182 e. The minimum Gasteiger partial charge on any atom is -0.316 e. The standard InChI is InChI=1S/C16H14BrClN2O/c1-9-6-14(16(21)10(2)18)11(3)20(9)15-5-4-13(17)7-12(15)8-19/h4-7,10H,1-3H3. The molecule has 0 fully saturated rings. The Bertz CT molecular complexity index is 756. The van der Waals surface area contributed by atoms with Gasteiger partial charge in [-0.15, -0.1) is 11.6 Å². The van der Waals surface area contributed by atoms with Gasteiger partial charge in [0.15, 0.2) is 5.78 Å². The average molecular weight is 366 g/mol. The Kier molecular flexibility index (Phi) is 4.55. The van der Waals surface area contributed by atoms with E-state index in [1.165, 1.54) is 0 Å². The van der Waals surface area contributed by atoms with Crippen LogP contribution >= 0.6 is 27.5 Å². The summed E-state index contributed by atoms with van der Waals surface area (Å²) >= 11 is 9.27. The number of ketones is 1. The molecule has 0 aliphatic heterocycles. The van der Waals surface area contributed by atoms with E-state index in [9.17, 15) is 10.1 Å². The van der Waals surface area contributed by atoms with Crippen LogP contribution in [-0.4, -0.2) is 15.7 Å². The van der Waals surface area contributed by atoms with Crippen molar-refractivity contribution in [2.75, 3.05) is 0 Å². The highest BCUT2D eigenvalue weighted by Crippen LogP contribution is 2.26. The van der Waals surface area contributed by atoms with Crippen LogP contribution in [0.15, 0.2) is 28.7 Å². The normalized spacial score (nSPS) is 12.0. The van der Waals surface area contributed by atoms with Crippen molar-refractivity contribution in [3.05, 3.63) is 51.3 Å². The molecule has 108 valence electrons. The number of aryl methyl sites for hydroxylation is 1. The zero-order valence-corrected chi connectivity index (χ0v) is 14.3. The predicted molar refractivity (Wildman–Crippen MR) is 87.3 cm³/mol. The minimum atomic E-state index is -0.570. The van der Waals surface area contributed by atoms with Crippen LogP contribution in [0.25, 0.3) is 5.69 Å². The number of aromatic nitrogens is 1. The second kappa shape index (κ2) is 6.05. The molecule has 5 heteroatoms. The summed E-state index contributed by atoms with van der Waals surface area (Å²) in [5.41, 5.74) is 3.60. The van der Waals surface area contributed by atoms with Gasteiger partial charge >= 0.3 is 0 Å². The molecule has 0 saturated heterocycles. The molecule has 0 radical (unpaired) electrons. The molecule has 1 unspecified atom stereocenters. The number of alkyl halides is 1. The van der Waals surface area contributed by atoms with Crippen molar-refractivity contribution in [3.63, 3.8) is 0 Å². The number of nitriles is 1. The van der Waals surface area contributed by atoms with Crippen LogP contribution in [0.2, 0.25) is 0 Å². The summed E-state index contributed by atoms with van der Waals surface area (Å²) in [5.74, 6) is -0.105. The lowest BCUT2D eigenvalue weighted by atomic mass is 10.1. The third-order valence-electron chi connectivity index (χ3n) is 3.38. The Morgan fingerprint density at radius 3 is 2.62 bits per heavy atom. The molecule has 1 atom stereocenters. The number of nitrogens with zero attached hydrogens (tertiary/aromatic N) is 2. The van der Waals surface area contributed by atoms with Crippen LogP contribution in [0.3, 0.4) is 0 Å². The van der Waals surface area contributed by atoms with Crippen LogP contribution in [0, 0.1) is 25.2 Å². The number of carbonyl (C=O) groups is 1. The van der Waals surface area contributed by atoms with E-state index in [4.69, 9.17) is 11.6 Å². The van der Waals surface area contributed by atoms with Crippen LogP contribution in [0.1, 0.15) is 34.2 Å². The number of hydrogen-bond donors (Lipinski definition) is 0. The molecule has 0 aliphatic carbocycles. The maximum absolute atomic E-state index is 12.2. The van der Waals surface area contributed by atoms with Crippen molar-refractivity contribution in [1.29, 1.82) is 5.26 Å². The molecule has 1 aromatic carbocycles. The lowest BCUT2D eigenvalue weighted by molar-refractivity contribution is 0.0991. The zero-order valence-electron chi connectivity index (χ0n) is 11.9. The highest BCUT2D eigenvalue weighted by Gasteiger charge is 2.21. The number of rotatable bonds is 3. The Morgan fingerprint density at radius 2 is 2.05 bits per heavy atom. The maximum atomic E-state index is 12.2. The van der Waals surface area contributed by atoms with Gasteiger partial charge in [-0.05, 0) is 45.0 Å². The van der Waals surface area contributed by atoms with Crippen molar-refractivity contribution in [2.24, 2.45) is 0 Å². The summed E-state index contributed by atoms with van der Waals surface area (Å²) in [6, 6.07) is 9.51. The zero-order chi connectivity index (χ0) is 15.7. The Morgan fingerprint density at radius 1 is 1.38 bits per heavy atom. The lowest BCUT2D eigenvalue weighted by Crippen LogP contribution is -2.12. The quantitative estimate of drug-likeness (QED) is 0.592. The van der Waals surface area contributed by atoms with E-state index >= 15 is 0 Å². The second-order valence-corrected chi connectivity index (χ2v) is 6.44. The largest absolute Gasteiger partial charge is 0.316 e. The molecule has 0 amide bonds. The summed E-state index contributed by atoms with van der Waals surface area (Å²) in [4.78, 5) is 12.2. The molecule has 21 heavy (non-hydrogen) atoms. The molecule has 0 spiro atoms. The van der Waals surface area contributed by atoms with Crippen molar-refractivity contribution < 1.29 is 4.79 Å². The molecule has 0 saturated carbocycles. The van der Waals surface area contributed by atoms with Crippen LogP contribution in [0.5, 0.6) is 0 Å². The first-order valence-corrected chi connectivity index (χ1v) is 7.67. The Labute approximate surface area is 137 Å². The van der Waals surface area contributed by atoms with Crippen molar-refractivity contribution in [1.82, 2.24) is 4.57 Å². The average Bonchev–Trinajstić information content (AvgIpc) is 2.73. The van der Waals surface area contributed by atoms with Crippen LogP contribution in [-0.2, 0) is 0 Å². The van der Waals surface area contributed by atoms with E-state index in [-0.39, 0.29) is 5.78 Å². The van der Waals surface area contributed by atoms with Gasteiger partial charge in [-0.2, -0.15) is 5.26 Å². The fourth-order valence-corrected chi connectivity index (χ4v) is 2.87. The smallest absolute Gasteiger partial charge is 0.182 e. The van der Waals surface area contributed by atoms with Gasteiger partial charge < -0.3 is 4.57 Å². The Balaban J connectivity index is 2.67. The van der Waals surface area contributed by atoms with Gasteiger partial charge in [-0.1, -0.05) is 15.9 Å². The molecule has 0 bridgehead atoms. The van der Waals surface area contributed by atoms with Crippen LogP contribution < -0.4 is 0 Å². The number of benzene rings is 1. The monoisotopic (exact) mass is 364 g/mol. The third-order valence-corrected chi connectivity index (χ3v) is 4.07. The Hall–Kier alpha value is -1.57. The number of hydrogen-bond acceptors (Lipinski definition) is 2. The van der Waals surface area contributed by atoms with Crippen molar-refractivity contribution in [2.45, 2.75) is 26.1 Å². The summed E-state index contributed by atoms with van der Waals surface area (Å²) in [7, 11) is 0. The summed E-state index contributed by atoms with van der Waals surface area (Å²) in [5, 5.41) is 8.75. The minimum absolute atomic E-state index is 0.105. The molecule has 3 nitrogen and oxygen atoms in total. The van der Waals surface area contributed by atoms with Crippen molar-refractivity contribution in [3.8, 4) is 11.8 Å². The lowest BCUT2D eigenvalue weighted by Gasteiger charge is -2.12. The van der Waals surface area contributed by atoms with Gasteiger partial charge in [0.2, 0.25) is 0 Å². The third kappa shape index (κ3) is 2.90. The fraction of sp³-hybridized carbons (Fsp3) is 0.250. The molecule has 2 aromatic rings. The first kappa shape index (κ1) is 15.8. The molecule has 0 N–H and O–H groups in total. The molecule has 1 aromatic heterocycles. The van der Waals surface area contributed by atoms with Crippen molar-refractivity contribution >= 4 is 33.3 Å². The van der Waals surface area contributed by atoms with Gasteiger partial charge in [0, 0.05) is 21.4 Å². The summed E-state index contributed by atoms with van der Waals surface area (Å²) in [6.07, 6.45) is 0. The first-order valence-electron chi connectivity index (χ1n) is 6.44. The molecule has 0 aliphatic rings. The first-order chi connectivity index (χ1) is 9.86. The van der Waals surface area contributed by atoms with Crippen LogP contribution in [0.4, 0.5) is 0 Å². The summed E-state index contributed by atoms with van der Waals surface area (Å²) < 4.78 is 2.76. The highest BCUT2D eigenvalue weighted by molar-refractivity contribution is 9.10. The summed E-state index contributed by atoms with van der Waals surface area (Å²) in [6.45, 7) is 5.44. The molecular formula is C16H14BrClN2O. The van der Waals surface area contributed by atoms with E-state index in [1.807, 2.05) is 36.6 Å². The van der Waals surface area contributed by atoms with E-state index in [1.54, 1.807) is 13.0 Å². The second-order valence-electron chi connectivity index (χ2n) is 4.87. The van der Waals surface area contributed by atoms with Gasteiger partial charge in [-0.25, -0.2) is 0 Å². The topological polar surface area (TPSA) is 45.8 Å². The number of carbonyl (C=O) groups excluding carboxylic acids is 1. The molecular weight excluding hydrogens is 352 g/mol. The van der Waals surface area contributed by atoms with Gasteiger partial charge in [0.1, 0.15) is 6.07 Å². The van der Waals surface area contributed by atoms with E-state index in [0.717, 1.165) is 21.5 Å². The van der Waals surface area contributed by atoms with E-state index in [2.05, 4.69) is 22.0 Å². The van der Waals surface area contributed by atoms with E-state index in [0.29, 0.717) is 11.1 Å². The van der Waals surface area contributed by atoms with E-state index < -0.39 is 5.38 Å². The number of Topliss-reactive ketones (excluding diaryl/α,β-unsaturated/α-hetero) is 1. The van der Waals surface area contributed by atoms with Gasteiger partial charge in [-0.3, -0.25) is 4.79 Å². The molecule has 2 rings (SSSR count). The number of halogens is 2.